The number of para-hydroxylation sites is 2. The number of hydrogen-bond acceptors (Lipinski definition) is 5. The smallest absolute Gasteiger partial charge is 0.251 e. The van der Waals surface area contributed by atoms with Crippen molar-refractivity contribution < 1.29 is 14.3 Å². The van der Waals surface area contributed by atoms with Gasteiger partial charge in [-0.2, -0.15) is 0 Å². The van der Waals surface area contributed by atoms with Crippen LogP contribution in [0.1, 0.15) is 26.2 Å². The number of rotatable bonds is 6. The van der Waals surface area contributed by atoms with E-state index in [1.807, 2.05) is 18.2 Å². The minimum atomic E-state index is -0.343. The lowest BCUT2D eigenvalue weighted by molar-refractivity contribution is -0.123. The molecule has 2 aliphatic rings. The predicted octanol–water partition coefficient (Wildman–Crippen LogP) is 1.74. The molecule has 25 heavy (non-hydrogen) atoms. The van der Waals surface area contributed by atoms with Crippen LogP contribution in [0.15, 0.2) is 24.3 Å². The van der Waals surface area contributed by atoms with Gasteiger partial charge >= 0.3 is 0 Å². The quantitative estimate of drug-likeness (QED) is 0.581. The van der Waals surface area contributed by atoms with E-state index in [1.54, 1.807) is 6.07 Å². The van der Waals surface area contributed by atoms with Crippen molar-refractivity contribution in [3.63, 3.8) is 0 Å². The molecule has 0 spiro atoms. The summed E-state index contributed by atoms with van der Waals surface area (Å²) < 4.78 is 5.82. The van der Waals surface area contributed by atoms with E-state index in [1.165, 1.54) is 4.90 Å². The average molecular weight is 345 g/mol. The molecule has 6 nitrogen and oxygen atoms in total. The summed E-state index contributed by atoms with van der Waals surface area (Å²) in [5, 5.41) is 0. The Balaban J connectivity index is 1.76. The summed E-state index contributed by atoms with van der Waals surface area (Å²) in [4.78, 5) is 31.3. The molecule has 2 fully saturated rings. The number of benzene rings is 1. The number of likely N-dealkylation sites (N-methyl/N-ethyl adjacent to an activating group) is 1. The molecule has 2 amide bonds. The van der Waals surface area contributed by atoms with Gasteiger partial charge in [-0.25, -0.2) is 4.90 Å². The second kappa shape index (κ2) is 7.97. The average Bonchev–Trinajstić information content (AvgIpc) is 2.91. The van der Waals surface area contributed by atoms with Crippen LogP contribution < -0.4 is 9.64 Å². The van der Waals surface area contributed by atoms with Crippen molar-refractivity contribution in [2.45, 2.75) is 32.2 Å². The van der Waals surface area contributed by atoms with Gasteiger partial charge in [0.15, 0.2) is 0 Å². The second-order valence-electron chi connectivity index (χ2n) is 6.80. The molecule has 0 aliphatic carbocycles. The Hall–Kier alpha value is -1.92. The van der Waals surface area contributed by atoms with Crippen molar-refractivity contribution in [3.05, 3.63) is 24.3 Å². The SMILES string of the molecule is CCCCOc1ccccc1N1C(=O)C[C@H](N2CCN(C)CC2)C1=O. The molecular formula is C19H27N3O3. The van der Waals surface area contributed by atoms with E-state index < -0.39 is 0 Å². The Morgan fingerprint density at radius 3 is 2.56 bits per heavy atom. The number of piperazine rings is 1. The van der Waals surface area contributed by atoms with Crippen LogP contribution in [-0.4, -0.2) is 67.5 Å². The van der Waals surface area contributed by atoms with Gasteiger partial charge in [0.05, 0.1) is 24.8 Å². The normalized spacial score (nSPS) is 22.6. The third kappa shape index (κ3) is 3.85. The highest BCUT2D eigenvalue weighted by atomic mass is 16.5. The zero-order chi connectivity index (χ0) is 17.8. The molecule has 0 aromatic heterocycles. The first-order chi connectivity index (χ1) is 12.1. The highest BCUT2D eigenvalue weighted by molar-refractivity contribution is 6.23. The van der Waals surface area contributed by atoms with Crippen molar-refractivity contribution in [2.75, 3.05) is 44.7 Å². The Morgan fingerprint density at radius 1 is 1.12 bits per heavy atom. The van der Waals surface area contributed by atoms with Crippen LogP contribution in [0.25, 0.3) is 0 Å². The van der Waals surface area contributed by atoms with Crippen LogP contribution in [0, 0.1) is 0 Å². The summed E-state index contributed by atoms with van der Waals surface area (Å²) in [6.45, 7) is 6.18. The zero-order valence-electron chi connectivity index (χ0n) is 15.1. The summed E-state index contributed by atoms with van der Waals surface area (Å²) in [5.74, 6) is 0.346. The van der Waals surface area contributed by atoms with Gasteiger partial charge in [0.1, 0.15) is 5.75 Å². The number of imide groups is 1. The molecule has 0 radical (unpaired) electrons. The molecular weight excluding hydrogens is 318 g/mol. The standard InChI is InChI=1S/C19H27N3O3/c1-3-4-13-25-17-8-6-5-7-15(17)22-18(23)14-16(19(22)24)21-11-9-20(2)10-12-21/h5-8,16H,3-4,9-14H2,1-2H3/t16-/m0/s1. The highest BCUT2D eigenvalue weighted by Crippen LogP contribution is 2.33. The number of hydrogen-bond donors (Lipinski definition) is 0. The van der Waals surface area contributed by atoms with Gasteiger partial charge in [0.2, 0.25) is 5.91 Å². The number of ether oxygens (including phenoxy) is 1. The lowest BCUT2D eigenvalue weighted by atomic mass is 10.2. The van der Waals surface area contributed by atoms with Crippen LogP contribution in [0.5, 0.6) is 5.75 Å². The largest absolute Gasteiger partial charge is 0.491 e. The maximum Gasteiger partial charge on any atom is 0.251 e. The van der Waals surface area contributed by atoms with E-state index in [2.05, 4.69) is 23.8 Å². The summed E-state index contributed by atoms with van der Waals surface area (Å²) in [5.41, 5.74) is 0.574. The predicted molar refractivity (Wildman–Crippen MR) is 96.8 cm³/mol. The molecule has 0 N–H and O–H groups in total. The molecule has 6 heteroatoms. The number of anilines is 1. The van der Waals surface area contributed by atoms with Crippen LogP contribution in [0.3, 0.4) is 0 Å². The van der Waals surface area contributed by atoms with Gasteiger partial charge < -0.3 is 9.64 Å². The molecule has 2 heterocycles. The first-order valence-electron chi connectivity index (χ1n) is 9.13. The number of carbonyl (C=O) groups is 2. The van der Waals surface area contributed by atoms with Crippen LogP contribution in [0.4, 0.5) is 5.69 Å². The molecule has 2 saturated heterocycles. The Labute approximate surface area is 149 Å². The highest BCUT2D eigenvalue weighted by Gasteiger charge is 2.44. The maximum absolute atomic E-state index is 13.0. The van der Waals surface area contributed by atoms with E-state index in [9.17, 15) is 9.59 Å². The van der Waals surface area contributed by atoms with Crippen LogP contribution in [0.2, 0.25) is 0 Å². The fourth-order valence-electron chi connectivity index (χ4n) is 3.38. The molecule has 1 atom stereocenters. The summed E-state index contributed by atoms with van der Waals surface area (Å²) in [6.07, 6.45) is 2.24. The van der Waals surface area contributed by atoms with Gasteiger partial charge in [-0.1, -0.05) is 25.5 Å². The van der Waals surface area contributed by atoms with Crippen molar-refractivity contribution >= 4 is 17.5 Å². The van der Waals surface area contributed by atoms with Gasteiger partial charge in [0.25, 0.3) is 5.91 Å². The van der Waals surface area contributed by atoms with E-state index >= 15 is 0 Å². The first-order valence-corrected chi connectivity index (χ1v) is 9.13. The Bertz CT molecular complexity index is 626. The van der Waals surface area contributed by atoms with E-state index in [0.29, 0.717) is 18.0 Å². The van der Waals surface area contributed by atoms with Crippen molar-refractivity contribution in [1.82, 2.24) is 9.80 Å². The van der Waals surface area contributed by atoms with Crippen molar-refractivity contribution in [2.24, 2.45) is 0 Å². The number of unbranched alkanes of at least 4 members (excludes halogenated alkanes) is 1. The van der Waals surface area contributed by atoms with E-state index in [-0.39, 0.29) is 24.3 Å². The molecule has 0 unspecified atom stereocenters. The zero-order valence-corrected chi connectivity index (χ0v) is 15.1. The molecule has 2 aliphatic heterocycles. The lowest BCUT2D eigenvalue weighted by Crippen LogP contribution is -2.51. The number of carbonyl (C=O) groups excluding carboxylic acids is 2. The maximum atomic E-state index is 13.0. The fraction of sp³-hybridized carbons (Fsp3) is 0.579. The fourth-order valence-corrected chi connectivity index (χ4v) is 3.38. The summed E-state index contributed by atoms with van der Waals surface area (Å²) in [6, 6.07) is 6.99. The molecule has 0 bridgehead atoms. The van der Waals surface area contributed by atoms with Gasteiger partial charge in [-0.05, 0) is 25.6 Å². The summed E-state index contributed by atoms with van der Waals surface area (Å²) >= 11 is 0. The second-order valence-corrected chi connectivity index (χ2v) is 6.80. The third-order valence-electron chi connectivity index (χ3n) is 4.96. The summed E-state index contributed by atoms with van der Waals surface area (Å²) in [7, 11) is 2.08. The molecule has 1 aromatic rings. The van der Waals surface area contributed by atoms with Crippen LogP contribution >= 0.6 is 0 Å². The van der Waals surface area contributed by atoms with Gasteiger partial charge in [-0.15, -0.1) is 0 Å². The Morgan fingerprint density at radius 2 is 1.84 bits per heavy atom. The molecule has 1 aromatic carbocycles. The molecule has 136 valence electrons. The van der Waals surface area contributed by atoms with Gasteiger partial charge in [-0.3, -0.25) is 14.5 Å². The molecule has 0 saturated carbocycles. The van der Waals surface area contributed by atoms with Gasteiger partial charge in [0, 0.05) is 26.2 Å². The topological polar surface area (TPSA) is 53.1 Å². The lowest BCUT2D eigenvalue weighted by Gasteiger charge is -2.35. The van der Waals surface area contributed by atoms with Crippen molar-refractivity contribution in [3.8, 4) is 5.75 Å². The minimum Gasteiger partial charge on any atom is -0.491 e. The third-order valence-corrected chi connectivity index (χ3v) is 4.96. The first kappa shape index (κ1) is 17.9. The molecule has 3 rings (SSSR count). The van der Waals surface area contributed by atoms with Crippen LogP contribution in [-0.2, 0) is 9.59 Å². The van der Waals surface area contributed by atoms with E-state index in [0.717, 1.165) is 39.0 Å². The number of nitrogens with zero attached hydrogens (tertiary/aromatic N) is 3. The minimum absolute atomic E-state index is 0.124. The van der Waals surface area contributed by atoms with E-state index in [4.69, 9.17) is 4.74 Å². The Kier molecular flexibility index (Phi) is 5.71. The monoisotopic (exact) mass is 345 g/mol. The number of amides is 2. The van der Waals surface area contributed by atoms with Crippen molar-refractivity contribution in [1.29, 1.82) is 0 Å².